The molecular weight excluding hydrogens is 546 g/mol. The van der Waals surface area contributed by atoms with Crippen LogP contribution >= 0.6 is 11.6 Å². The fourth-order valence-electron chi connectivity index (χ4n) is 4.98. The van der Waals surface area contributed by atoms with Crippen molar-refractivity contribution in [3.63, 3.8) is 0 Å². The number of carbonyl (C=O) groups excluding carboxylic acids is 2. The quantitative estimate of drug-likeness (QED) is 0.332. The van der Waals surface area contributed by atoms with E-state index in [4.69, 9.17) is 11.6 Å². The highest BCUT2D eigenvalue weighted by Gasteiger charge is 2.33. The van der Waals surface area contributed by atoms with E-state index in [0.717, 1.165) is 47.5 Å². The summed E-state index contributed by atoms with van der Waals surface area (Å²) in [5.74, 6) is -0.715. The summed E-state index contributed by atoms with van der Waals surface area (Å²) in [4.78, 5) is 28.8. The number of rotatable bonds is 10. The van der Waals surface area contributed by atoms with Gasteiger partial charge in [0.05, 0.1) is 10.6 Å². The van der Waals surface area contributed by atoms with Crippen molar-refractivity contribution in [2.45, 2.75) is 69.5 Å². The zero-order valence-electron chi connectivity index (χ0n) is 22.9. The molecule has 0 saturated heterocycles. The molecule has 1 atom stereocenters. The van der Waals surface area contributed by atoms with Crippen LogP contribution in [0.5, 0.6) is 0 Å². The van der Waals surface area contributed by atoms with E-state index in [1.807, 2.05) is 43.3 Å². The highest BCUT2D eigenvalue weighted by Crippen LogP contribution is 2.26. The molecule has 1 aliphatic rings. The molecule has 212 valence electrons. The minimum Gasteiger partial charge on any atom is -0.352 e. The molecule has 0 aliphatic heterocycles. The second-order valence-corrected chi connectivity index (χ2v) is 12.6. The lowest BCUT2D eigenvalue weighted by Gasteiger charge is -2.33. The average Bonchev–Trinajstić information content (AvgIpc) is 2.95. The van der Waals surface area contributed by atoms with Gasteiger partial charge in [-0.25, -0.2) is 8.42 Å². The van der Waals surface area contributed by atoms with Gasteiger partial charge >= 0.3 is 0 Å². The lowest BCUT2D eigenvalue weighted by atomic mass is 9.95. The first kappa shape index (κ1) is 29.6. The highest BCUT2D eigenvalue weighted by atomic mass is 35.5. The van der Waals surface area contributed by atoms with E-state index in [2.05, 4.69) is 5.32 Å². The topological polar surface area (TPSA) is 86.8 Å². The van der Waals surface area contributed by atoms with Gasteiger partial charge in [-0.1, -0.05) is 73.3 Å². The molecule has 4 rings (SSSR count). The van der Waals surface area contributed by atoms with Crippen LogP contribution in [0.25, 0.3) is 0 Å². The van der Waals surface area contributed by atoms with E-state index in [0.29, 0.717) is 10.7 Å². The normalized spacial score (nSPS) is 14.8. The van der Waals surface area contributed by atoms with Crippen LogP contribution in [0.3, 0.4) is 0 Å². The standard InChI is InChI=1S/C31H36ClN3O4S/c1-23-10-9-15-28(20-23)35(40(38,39)29-18-16-26(32)17-19-29)22-30(36)34(21-25-11-5-3-6-12-25)24(2)31(37)33-27-13-7-4-8-14-27/h3,5-6,9-12,15-20,24,27H,4,7-8,13-14,21-22H2,1-2H3,(H,33,37)/t24-/m0/s1. The van der Waals surface area contributed by atoms with Crippen LogP contribution in [0.1, 0.15) is 50.2 Å². The second kappa shape index (κ2) is 13.3. The molecule has 0 bridgehead atoms. The third-order valence-corrected chi connectivity index (χ3v) is 9.32. The Labute approximate surface area is 242 Å². The van der Waals surface area contributed by atoms with Crippen molar-refractivity contribution in [1.29, 1.82) is 0 Å². The predicted molar refractivity (Wildman–Crippen MR) is 159 cm³/mol. The zero-order valence-corrected chi connectivity index (χ0v) is 24.5. The lowest BCUT2D eigenvalue weighted by Crippen LogP contribution is -2.53. The van der Waals surface area contributed by atoms with Crippen molar-refractivity contribution in [2.24, 2.45) is 0 Å². The maximum Gasteiger partial charge on any atom is 0.264 e. The first-order chi connectivity index (χ1) is 19.1. The molecule has 0 unspecified atom stereocenters. The molecule has 2 amide bonds. The Balaban J connectivity index is 1.66. The Morgan fingerprint density at radius 3 is 2.27 bits per heavy atom. The third kappa shape index (κ3) is 7.43. The van der Waals surface area contributed by atoms with Crippen LogP contribution in [0.15, 0.2) is 83.8 Å². The number of benzene rings is 3. The van der Waals surface area contributed by atoms with Gasteiger partial charge in [0.1, 0.15) is 12.6 Å². The number of nitrogens with one attached hydrogen (secondary N) is 1. The second-order valence-electron chi connectivity index (χ2n) is 10.3. The zero-order chi connectivity index (χ0) is 28.7. The number of hydrogen-bond acceptors (Lipinski definition) is 4. The van der Waals surface area contributed by atoms with E-state index in [1.165, 1.54) is 29.2 Å². The molecule has 1 saturated carbocycles. The number of nitrogens with zero attached hydrogens (tertiary/aromatic N) is 2. The van der Waals surface area contributed by atoms with Gasteiger partial charge in [0.2, 0.25) is 11.8 Å². The van der Waals surface area contributed by atoms with Crippen LogP contribution in [-0.4, -0.2) is 43.8 Å². The van der Waals surface area contributed by atoms with Crippen LogP contribution in [0, 0.1) is 6.92 Å². The average molecular weight is 582 g/mol. The number of carbonyl (C=O) groups is 2. The molecule has 0 spiro atoms. The summed E-state index contributed by atoms with van der Waals surface area (Å²) >= 11 is 6.01. The minimum atomic E-state index is -4.13. The Hall–Kier alpha value is -3.36. The van der Waals surface area contributed by atoms with Gasteiger partial charge in [-0.05, 0) is 74.2 Å². The summed E-state index contributed by atoms with van der Waals surface area (Å²) in [5.41, 5.74) is 2.06. The van der Waals surface area contributed by atoms with E-state index < -0.39 is 28.5 Å². The van der Waals surface area contributed by atoms with Gasteiger partial charge in [-0.2, -0.15) is 0 Å². The van der Waals surface area contributed by atoms with Crippen LogP contribution in [-0.2, 0) is 26.2 Å². The monoisotopic (exact) mass is 581 g/mol. The molecule has 9 heteroatoms. The van der Waals surface area contributed by atoms with Gasteiger partial charge in [0.25, 0.3) is 10.0 Å². The molecular formula is C31H36ClN3O4S. The number of sulfonamides is 1. The Kier molecular flexibility index (Phi) is 9.87. The molecule has 3 aromatic rings. The summed E-state index contributed by atoms with van der Waals surface area (Å²) in [6.45, 7) is 3.26. The fraction of sp³-hybridized carbons (Fsp3) is 0.355. The maximum atomic E-state index is 14.0. The summed E-state index contributed by atoms with van der Waals surface area (Å²) in [6.07, 6.45) is 5.15. The first-order valence-electron chi connectivity index (χ1n) is 13.6. The Bertz CT molecular complexity index is 1410. The number of hydrogen-bond donors (Lipinski definition) is 1. The Morgan fingerprint density at radius 2 is 1.62 bits per heavy atom. The fourth-order valence-corrected chi connectivity index (χ4v) is 6.51. The molecule has 1 fully saturated rings. The SMILES string of the molecule is Cc1cccc(N(CC(=O)N(Cc2ccccc2)[C@@H](C)C(=O)NC2CCCCC2)S(=O)(=O)c2ccc(Cl)cc2)c1. The number of anilines is 1. The number of amides is 2. The van der Waals surface area contributed by atoms with Crippen molar-refractivity contribution in [2.75, 3.05) is 10.8 Å². The molecule has 3 aromatic carbocycles. The predicted octanol–water partition coefficient (Wildman–Crippen LogP) is 5.71. The van der Waals surface area contributed by atoms with Gasteiger partial charge in [-0.3, -0.25) is 13.9 Å². The van der Waals surface area contributed by atoms with Crippen molar-refractivity contribution in [3.05, 3.63) is 95.0 Å². The van der Waals surface area contributed by atoms with E-state index >= 15 is 0 Å². The van der Waals surface area contributed by atoms with Gasteiger partial charge < -0.3 is 10.2 Å². The maximum absolute atomic E-state index is 14.0. The molecule has 1 N–H and O–H groups in total. The molecule has 0 radical (unpaired) electrons. The Morgan fingerprint density at radius 1 is 0.950 bits per heavy atom. The van der Waals surface area contributed by atoms with Crippen molar-refractivity contribution < 1.29 is 18.0 Å². The first-order valence-corrected chi connectivity index (χ1v) is 15.5. The molecule has 40 heavy (non-hydrogen) atoms. The number of halogens is 1. The van der Waals surface area contributed by atoms with Crippen LogP contribution in [0.2, 0.25) is 5.02 Å². The molecule has 1 aliphatic carbocycles. The lowest BCUT2D eigenvalue weighted by molar-refractivity contribution is -0.139. The van der Waals surface area contributed by atoms with E-state index in [9.17, 15) is 18.0 Å². The van der Waals surface area contributed by atoms with E-state index in [1.54, 1.807) is 25.1 Å². The third-order valence-electron chi connectivity index (χ3n) is 7.28. The highest BCUT2D eigenvalue weighted by molar-refractivity contribution is 7.92. The van der Waals surface area contributed by atoms with Crippen molar-refractivity contribution >= 4 is 39.1 Å². The number of aryl methyl sites for hydroxylation is 1. The van der Waals surface area contributed by atoms with Gasteiger partial charge in [-0.15, -0.1) is 0 Å². The minimum absolute atomic E-state index is 0.0175. The molecule has 0 aromatic heterocycles. The summed E-state index contributed by atoms with van der Waals surface area (Å²) in [5, 5.41) is 3.52. The summed E-state index contributed by atoms with van der Waals surface area (Å²) < 4.78 is 28.8. The summed E-state index contributed by atoms with van der Waals surface area (Å²) in [6, 6.07) is 21.5. The summed E-state index contributed by atoms with van der Waals surface area (Å²) in [7, 11) is -4.13. The molecule has 7 nitrogen and oxygen atoms in total. The van der Waals surface area contributed by atoms with Crippen LogP contribution < -0.4 is 9.62 Å². The molecule has 0 heterocycles. The smallest absolute Gasteiger partial charge is 0.264 e. The van der Waals surface area contributed by atoms with Crippen molar-refractivity contribution in [3.8, 4) is 0 Å². The largest absolute Gasteiger partial charge is 0.352 e. The van der Waals surface area contributed by atoms with Crippen molar-refractivity contribution in [1.82, 2.24) is 10.2 Å². The van der Waals surface area contributed by atoms with Gasteiger partial charge in [0, 0.05) is 17.6 Å². The van der Waals surface area contributed by atoms with Gasteiger partial charge in [0.15, 0.2) is 0 Å². The van der Waals surface area contributed by atoms with E-state index in [-0.39, 0.29) is 23.4 Å². The van der Waals surface area contributed by atoms with Crippen LogP contribution in [0.4, 0.5) is 5.69 Å².